The summed E-state index contributed by atoms with van der Waals surface area (Å²) < 4.78 is 7.19. The van der Waals surface area contributed by atoms with Gasteiger partial charge in [0.2, 0.25) is 0 Å². The molecule has 0 aliphatic rings. The molecule has 0 heterocycles. The first-order valence-electron chi connectivity index (χ1n) is 6.42. The van der Waals surface area contributed by atoms with Crippen molar-refractivity contribution in [3.8, 4) is 0 Å². The van der Waals surface area contributed by atoms with E-state index in [4.69, 9.17) is 3.50 Å². The second kappa shape index (κ2) is 6.30. The number of hydrogen-bond acceptors (Lipinski definition) is 1. The van der Waals surface area contributed by atoms with Gasteiger partial charge >= 0.3 is 123 Å². The minimum atomic E-state index is -0.473. The summed E-state index contributed by atoms with van der Waals surface area (Å²) in [6.45, 7) is 6.65. The van der Waals surface area contributed by atoms with E-state index in [2.05, 4.69) is 79.8 Å². The van der Waals surface area contributed by atoms with Crippen molar-refractivity contribution in [2.24, 2.45) is 3.50 Å². The molecule has 19 heavy (non-hydrogen) atoms. The van der Waals surface area contributed by atoms with E-state index in [-0.39, 0.29) is 5.41 Å². The molecule has 0 aliphatic heterocycles. The van der Waals surface area contributed by atoms with Crippen molar-refractivity contribution in [1.82, 2.24) is 0 Å². The number of benzene rings is 2. The Hall–Kier alpha value is -1.20. The molecule has 2 heteroatoms. The zero-order valence-corrected chi connectivity index (χ0v) is 13.6. The first kappa shape index (κ1) is 14.2. The fourth-order valence-corrected chi connectivity index (χ4v) is 3.71. The predicted octanol–water partition coefficient (Wildman–Crippen LogP) is 4.67. The van der Waals surface area contributed by atoms with Crippen LogP contribution in [-0.4, -0.2) is 4.40 Å². The Bertz CT molecular complexity index is 608. The van der Waals surface area contributed by atoms with Crippen LogP contribution < -0.4 is 0 Å². The maximum absolute atomic E-state index is 4.79. The van der Waals surface area contributed by atoms with Gasteiger partial charge in [-0.1, -0.05) is 0 Å². The van der Waals surface area contributed by atoms with Crippen LogP contribution in [0.1, 0.15) is 25.0 Å². The number of rotatable bonds is 3. The van der Waals surface area contributed by atoms with Crippen molar-refractivity contribution < 1.29 is 17.9 Å². The van der Waals surface area contributed by atoms with Crippen molar-refractivity contribution in [3.05, 3.63) is 65.7 Å². The van der Waals surface area contributed by atoms with Crippen LogP contribution in [0.4, 0.5) is 5.69 Å². The Morgan fingerprint density at radius 2 is 1.58 bits per heavy atom. The quantitative estimate of drug-likeness (QED) is 0.724. The average molecular weight is 333 g/mol. The van der Waals surface area contributed by atoms with E-state index < -0.39 is 17.9 Å². The van der Waals surface area contributed by atoms with Crippen molar-refractivity contribution in [2.75, 3.05) is 0 Å². The topological polar surface area (TPSA) is 12.4 Å². The standard InChI is InChI=1S/C10H12.C7H7N.Mo/c1-10(2,3)9-7-5-4-6-8-9;1-6-4-2-3-5-7(6)8;/h1,4-8H,2-3H3;2-5H,1H3;. The molecule has 0 fully saturated rings. The van der Waals surface area contributed by atoms with Gasteiger partial charge in [0.05, 0.1) is 0 Å². The SMILES string of the molecule is Cc1ccccc1[N]=[Mo]=[CH]C(C)(C)c1ccccc1. The van der Waals surface area contributed by atoms with E-state index in [0.717, 1.165) is 5.69 Å². The van der Waals surface area contributed by atoms with E-state index in [9.17, 15) is 0 Å². The molecule has 2 rings (SSSR count). The molecule has 1 nitrogen and oxygen atoms in total. The minimum absolute atomic E-state index is 0.107. The molecule has 0 radical (unpaired) electrons. The molecule has 0 saturated carbocycles. The molecule has 0 unspecified atom stereocenters. The van der Waals surface area contributed by atoms with E-state index in [1.165, 1.54) is 11.1 Å². The van der Waals surface area contributed by atoms with Gasteiger partial charge in [-0.3, -0.25) is 0 Å². The second-order valence-corrected chi connectivity index (χ2v) is 6.74. The van der Waals surface area contributed by atoms with Gasteiger partial charge in [0, 0.05) is 0 Å². The predicted molar refractivity (Wildman–Crippen MR) is 78.8 cm³/mol. The van der Waals surface area contributed by atoms with Crippen molar-refractivity contribution in [2.45, 2.75) is 26.2 Å². The van der Waals surface area contributed by atoms with Gasteiger partial charge in [0.15, 0.2) is 0 Å². The molecule has 0 saturated heterocycles. The molecular weight excluding hydrogens is 314 g/mol. The Morgan fingerprint density at radius 3 is 2.26 bits per heavy atom. The molecule has 0 N–H and O–H groups in total. The van der Waals surface area contributed by atoms with Crippen molar-refractivity contribution in [3.63, 3.8) is 0 Å². The summed E-state index contributed by atoms with van der Waals surface area (Å²) in [7, 11) is 0. The van der Waals surface area contributed by atoms with Crippen LogP contribution in [0.5, 0.6) is 0 Å². The normalized spacial score (nSPS) is 10.9. The third kappa shape index (κ3) is 3.88. The summed E-state index contributed by atoms with van der Waals surface area (Å²) in [5.41, 5.74) is 3.87. The second-order valence-electron chi connectivity index (χ2n) is 5.19. The Labute approximate surface area is 123 Å². The Morgan fingerprint density at radius 1 is 0.947 bits per heavy atom. The number of hydrogen-bond donors (Lipinski definition) is 0. The monoisotopic (exact) mass is 335 g/mol. The summed E-state index contributed by atoms with van der Waals surface area (Å²) in [6, 6.07) is 19.0. The first-order chi connectivity index (χ1) is 9.09. The third-order valence-corrected chi connectivity index (χ3v) is 5.58. The fourth-order valence-electron chi connectivity index (χ4n) is 1.82. The molecule has 0 aromatic heterocycles. The van der Waals surface area contributed by atoms with Gasteiger partial charge in [0.1, 0.15) is 0 Å². The van der Waals surface area contributed by atoms with E-state index in [0.29, 0.717) is 0 Å². The van der Waals surface area contributed by atoms with Crippen LogP contribution >= 0.6 is 0 Å². The van der Waals surface area contributed by atoms with Gasteiger partial charge in [-0.15, -0.1) is 0 Å². The molecule has 98 valence electrons. The molecule has 0 aliphatic carbocycles. The van der Waals surface area contributed by atoms with Crippen LogP contribution in [0.2, 0.25) is 0 Å². The summed E-state index contributed by atoms with van der Waals surface area (Å²) >= 11 is -0.473. The molecule has 2 aromatic carbocycles. The third-order valence-electron chi connectivity index (χ3n) is 3.13. The van der Waals surface area contributed by atoms with E-state index >= 15 is 0 Å². The average Bonchev–Trinajstić information content (AvgIpc) is 2.42. The molecule has 0 atom stereocenters. The summed E-state index contributed by atoms with van der Waals surface area (Å²) in [4.78, 5) is 0. The van der Waals surface area contributed by atoms with Crippen LogP contribution in [0.15, 0.2) is 58.1 Å². The maximum atomic E-state index is 4.79. The summed E-state index contributed by atoms with van der Waals surface area (Å²) in [5.74, 6) is 0. The van der Waals surface area contributed by atoms with Crippen LogP contribution in [0.25, 0.3) is 0 Å². The van der Waals surface area contributed by atoms with Gasteiger partial charge < -0.3 is 0 Å². The number of aryl methyl sites for hydroxylation is 1. The van der Waals surface area contributed by atoms with Gasteiger partial charge in [-0.25, -0.2) is 0 Å². The van der Waals surface area contributed by atoms with Crippen LogP contribution in [0.3, 0.4) is 0 Å². The summed E-state index contributed by atoms with van der Waals surface area (Å²) in [5, 5.41) is 0. The zero-order chi connectivity index (χ0) is 13.7. The first-order valence-corrected chi connectivity index (χ1v) is 8.47. The molecule has 0 amide bonds. The van der Waals surface area contributed by atoms with Crippen molar-refractivity contribution in [1.29, 1.82) is 0 Å². The van der Waals surface area contributed by atoms with E-state index in [1.807, 2.05) is 0 Å². The molecule has 0 spiro atoms. The Balaban J connectivity index is 2.25. The van der Waals surface area contributed by atoms with Crippen molar-refractivity contribution >= 4 is 10.1 Å². The number of nitrogens with zero attached hydrogens (tertiary/aromatic N) is 1. The molecular formula is C17H19MoN. The van der Waals surface area contributed by atoms with E-state index in [1.54, 1.807) is 0 Å². The van der Waals surface area contributed by atoms with Gasteiger partial charge in [0.25, 0.3) is 0 Å². The molecule has 2 aromatic rings. The summed E-state index contributed by atoms with van der Waals surface area (Å²) in [6.07, 6.45) is 0. The van der Waals surface area contributed by atoms with Gasteiger partial charge in [-0.05, 0) is 0 Å². The Kier molecular flexibility index (Phi) is 4.71. The van der Waals surface area contributed by atoms with Crippen LogP contribution in [-0.2, 0) is 23.3 Å². The van der Waals surface area contributed by atoms with Crippen LogP contribution in [0, 0.1) is 6.92 Å². The van der Waals surface area contributed by atoms with Gasteiger partial charge in [-0.2, -0.15) is 0 Å². The fraction of sp³-hybridized carbons (Fsp3) is 0.235. The molecule has 0 bridgehead atoms. The zero-order valence-electron chi connectivity index (χ0n) is 11.6.